The average molecular weight is 535 g/mol. The molecule has 0 aliphatic carbocycles. The predicted octanol–water partition coefficient (Wildman–Crippen LogP) is 4.66. The number of anilines is 2. The molecular formula is C27H26N4O4S2. The summed E-state index contributed by atoms with van der Waals surface area (Å²) in [6, 6.07) is 18.6. The fourth-order valence-corrected chi connectivity index (χ4v) is 6.00. The number of para-hydroxylation sites is 1. The van der Waals surface area contributed by atoms with Gasteiger partial charge >= 0.3 is 0 Å². The number of thiophene rings is 1. The summed E-state index contributed by atoms with van der Waals surface area (Å²) in [5.74, 6) is 0.0967. The van der Waals surface area contributed by atoms with Crippen LogP contribution in [0.25, 0.3) is 0 Å². The van der Waals surface area contributed by atoms with Crippen molar-refractivity contribution in [3.63, 3.8) is 0 Å². The zero-order valence-corrected chi connectivity index (χ0v) is 22.1. The molecule has 0 bridgehead atoms. The number of benzene rings is 2. The number of nitrogens with zero attached hydrogens (tertiary/aromatic N) is 2. The second-order valence-electron chi connectivity index (χ2n) is 8.44. The molecule has 2 heterocycles. The highest BCUT2D eigenvalue weighted by molar-refractivity contribution is 8.00. The predicted molar refractivity (Wildman–Crippen MR) is 145 cm³/mol. The van der Waals surface area contributed by atoms with Crippen molar-refractivity contribution in [2.24, 2.45) is 0 Å². The van der Waals surface area contributed by atoms with Crippen molar-refractivity contribution in [2.45, 2.75) is 37.0 Å². The number of fused-ring (bicyclic) bond motifs is 1. The first-order valence-corrected chi connectivity index (χ1v) is 13.4. The van der Waals surface area contributed by atoms with E-state index >= 15 is 0 Å². The maximum Gasteiger partial charge on any atom is 0.262 e. The van der Waals surface area contributed by atoms with Crippen LogP contribution in [0.3, 0.4) is 0 Å². The number of amides is 3. The number of ether oxygens (including phenoxy) is 1. The highest BCUT2D eigenvalue weighted by atomic mass is 32.2. The molecule has 1 aliphatic rings. The summed E-state index contributed by atoms with van der Waals surface area (Å²) < 4.78 is 5.48. The smallest absolute Gasteiger partial charge is 0.262 e. The van der Waals surface area contributed by atoms with Gasteiger partial charge in [0.25, 0.3) is 5.91 Å². The van der Waals surface area contributed by atoms with Gasteiger partial charge in [0.05, 0.1) is 17.4 Å². The zero-order valence-electron chi connectivity index (χ0n) is 20.4. The lowest BCUT2D eigenvalue weighted by Crippen LogP contribution is -2.33. The van der Waals surface area contributed by atoms with Gasteiger partial charge < -0.3 is 20.3 Å². The van der Waals surface area contributed by atoms with E-state index in [1.165, 1.54) is 30.0 Å². The van der Waals surface area contributed by atoms with Gasteiger partial charge in [0.1, 0.15) is 16.8 Å². The molecule has 0 spiro atoms. The van der Waals surface area contributed by atoms with E-state index in [-0.39, 0.29) is 24.3 Å². The minimum absolute atomic E-state index is 0.00435. The molecule has 0 radical (unpaired) electrons. The Morgan fingerprint density at radius 3 is 2.68 bits per heavy atom. The molecule has 0 saturated heterocycles. The maximum atomic E-state index is 13.0. The van der Waals surface area contributed by atoms with Crippen LogP contribution in [0.15, 0.2) is 59.5 Å². The maximum absolute atomic E-state index is 13.0. The minimum atomic E-state index is -0.452. The van der Waals surface area contributed by atoms with Crippen LogP contribution in [0, 0.1) is 11.3 Å². The van der Waals surface area contributed by atoms with E-state index in [0.717, 1.165) is 15.3 Å². The second kappa shape index (κ2) is 12.0. The molecule has 3 amide bonds. The summed E-state index contributed by atoms with van der Waals surface area (Å²) in [7, 11) is 0. The monoisotopic (exact) mass is 534 g/mol. The normalized spacial score (nSPS) is 13.2. The lowest BCUT2D eigenvalue weighted by atomic mass is 10.0. The van der Waals surface area contributed by atoms with Crippen molar-refractivity contribution >= 4 is 51.5 Å². The third kappa shape index (κ3) is 6.70. The van der Waals surface area contributed by atoms with Crippen LogP contribution >= 0.6 is 23.1 Å². The summed E-state index contributed by atoms with van der Waals surface area (Å²) in [6.07, 6.45) is 0.601. The summed E-state index contributed by atoms with van der Waals surface area (Å²) in [6.45, 7) is 4.23. The van der Waals surface area contributed by atoms with E-state index in [1.807, 2.05) is 30.3 Å². The minimum Gasteiger partial charge on any atom is -0.484 e. The summed E-state index contributed by atoms with van der Waals surface area (Å²) >= 11 is 2.70. The van der Waals surface area contributed by atoms with E-state index < -0.39 is 5.25 Å². The van der Waals surface area contributed by atoms with Crippen LogP contribution in [-0.2, 0) is 27.3 Å². The number of nitrogens with one attached hydrogen (secondary N) is 2. The van der Waals surface area contributed by atoms with Crippen molar-refractivity contribution in [2.75, 3.05) is 23.8 Å². The van der Waals surface area contributed by atoms with Crippen molar-refractivity contribution in [3.05, 3.63) is 70.6 Å². The fraction of sp³-hybridized carbons (Fsp3) is 0.259. The Hall–Kier alpha value is -3.81. The molecule has 4 rings (SSSR count). The van der Waals surface area contributed by atoms with Gasteiger partial charge in [-0.1, -0.05) is 24.3 Å². The van der Waals surface area contributed by atoms with Gasteiger partial charge in [-0.05, 0) is 49.2 Å². The first-order chi connectivity index (χ1) is 17.8. The molecule has 3 aromatic rings. The number of rotatable bonds is 8. The van der Waals surface area contributed by atoms with Gasteiger partial charge in [-0.25, -0.2) is 0 Å². The summed E-state index contributed by atoms with van der Waals surface area (Å²) in [4.78, 5) is 40.5. The lowest BCUT2D eigenvalue weighted by Gasteiger charge is -2.25. The number of nitriles is 1. The molecule has 2 N–H and O–H groups in total. The van der Waals surface area contributed by atoms with Crippen molar-refractivity contribution in [1.82, 2.24) is 4.90 Å². The highest BCUT2D eigenvalue weighted by Gasteiger charge is 2.27. The van der Waals surface area contributed by atoms with Gasteiger partial charge in [0, 0.05) is 28.9 Å². The molecule has 10 heteroatoms. The molecule has 8 nitrogen and oxygen atoms in total. The number of carbonyl (C=O) groups excluding carboxylic acids is 3. The molecule has 37 heavy (non-hydrogen) atoms. The standard InChI is InChI=1S/C27H26N4O4S2/c1-17(26(34)30-27-23(14-28)22-11-12-31(18(2)32)15-24(22)37-27)36-21-10-6-7-19(13-21)29-25(33)16-35-20-8-4-3-5-9-20/h3-10,13,17H,11-12,15-16H2,1-2H3,(H,29,33)(H,30,34). The molecule has 1 unspecified atom stereocenters. The Labute approximate surface area is 223 Å². The Kier molecular flexibility index (Phi) is 8.48. The van der Waals surface area contributed by atoms with Crippen LogP contribution < -0.4 is 15.4 Å². The topological polar surface area (TPSA) is 112 Å². The third-order valence-electron chi connectivity index (χ3n) is 5.76. The van der Waals surface area contributed by atoms with Crippen molar-refractivity contribution < 1.29 is 19.1 Å². The SMILES string of the molecule is CC(=O)N1CCc2c(sc(NC(=O)C(C)Sc3cccc(NC(=O)COc4ccccc4)c3)c2C#N)C1. The quantitative estimate of drug-likeness (QED) is 0.407. The Morgan fingerprint density at radius 1 is 1.16 bits per heavy atom. The number of hydrogen-bond acceptors (Lipinski definition) is 7. The third-order valence-corrected chi connectivity index (χ3v) is 7.99. The highest BCUT2D eigenvalue weighted by Crippen LogP contribution is 2.37. The van der Waals surface area contributed by atoms with E-state index in [4.69, 9.17) is 4.74 Å². The van der Waals surface area contributed by atoms with Crippen LogP contribution in [-0.4, -0.2) is 41.0 Å². The lowest BCUT2D eigenvalue weighted by molar-refractivity contribution is -0.129. The molecular weight excluding hydrogens is 508 g/mol. The molecule has 1 aliphatic heterocycles. The van der Waals surface area contributed by atoms with Crippen LogP contribution in [0.1, 0.15) is 29.9 Å². The van der Waals surface area contributed by atoms with E-state index in [2.05, 4.69) is 16.7 Å². The molecule has 1 aromatic heterocycles. The first kappa shape index (κ1) is 26.3. The molecule has 0 fully saturated rings. The Bertz CT molecular complexity index is 1350. The van der Waals surface area contributed by atoms with E-state index in [0.29, 0.717) is 41.5 Å². The fourth-order valence-electron chi connectivity index (χ4n) is 3.86. The number of hydrogen-bond donors (Lipinski definition) is 2. The zero-order chi connectivity index (χ0) is 26.4. The van der Waals surface area contributed by atoms with Crippen LogP contribution in [0.2, 0.25) is 0 Å². The van der Waals surface area contributed by atoms with Crippen molar-refractivity contribution in [3.8, 4) is 11.8 Å². The first-order valence-electron chi connectivity index (χ1n) is 11.7. The van der Waals surface area contributed by atoms with Gasteiger partial charge in [-0.15, -0.1) is 23.1 Å². The Balaban J connectivity index is 1.35. The second-order valence-corrected chi connectivity index (χ2v) is 11.0. The van der Waals surface area contributed by atoms with Gasteiger partial charge in [0.2, 0.25) is 11.8 Å². The van der Waals surface area contributed by atoms with E-state index in [9.17, 15) is 19.6 Å². The molecule has 2 aromatic carbocycles. The van der Waals surface area contributed by atoms with Gasteiger partial charge in [-0.3, -0.25) is 14.4 Å². The number of carbonyl (C=O) groups is 3. The number of thioether (sulfide) groups is 1. The molecule has 190 valence electrons. The van der Waals surface area contributed by atoms with E-state index in [1.54, 1.807) is 36.1 Å². The van der Waals surface area contributed by atoms with Crippen molar-refractivity contribution in [1.29, 1.82) is 5.26 Å². The van der Waals surface area contributed by atoms with Crippen LogP contribution in [0.5, 0.6) is 5.75 Å². The summed E-state index contributed by atoms with van der Waals surface area (Å²) in [5.41, 5.74) is 2.00. The van der Waals surface area contributed by atoms with Gasteiger partial charge in [-0.2, -0.15) is 5.26 Å². The molecule has 0 saturated carbocycles. The average Bonchev–Trinajstić information content (AvgIpc) is 3.24. The largest absolute Gasteiger partial charge is 0.484 e. The summed E-state index contributed by atoms with van der Waals surface area (Å²) in [5, 5.41) is 15.5. The van der Waals surface area contributed by atoms with Crippen LogP contribution in [0.4, 0.5) is 10.7 Å². The van der Waals surface area contributed by atoms with Gasteiger partial charge in [0.15, 0.2) is 6.61 Å². The molecule has 1 atom stereocenters. The Morgan fingerprint density at radius 2 is 1.95 bits per heavy atom.